The fraction of sp³-hybridized carbons (Fsp3) is 0.688. The standard InChI is InChI=1S/C16H24O4/c1-10(2)13-9-12(18)7-8-16(13,11(3)17)14(19)20-15(4,5)6/h7-8,10,13H,9H2,1-6H3/t13-,16+/m0/s1. The highest BCUT2D eigenvalue weighted by Crippen LogP contribution is 2.43. The van der Waals surface area contributed by atoms with Crippen LogP contribution in [-0.4, -0.2) is 23.1 Å². The van der Waals surface area contributed by atoms with E-state index in [4.69, 9.17) is 4.74 Å². The molecule has 0 amide bonds. The van der Waals surface area contributed by atoms with Crippen LogP contribution >= 0.6 is 0 Å². The maximum atomic E-state index is 12.6. The summed E-state index contributed by atoms with van der Waals surface area (Å²) >= 11 is 0. The van der Waals surface area contributed by atoms with Crippen LogP contribution in [0.15, 0.2) is 12.2 Å². The molecule has 4 heteroatoms. The minimum atomic E-state index is -1.34. The lowest BCUT2D eigenvalue weighted by Crippen LogP contribution is -2.50. The summed E-state index contributed by atoms with van der Waals surface area (Å²) in [6.45, 7) is 10.5. The fourth-order valence-corrected chi connectivity index (χ4v) is 2.66. The van der Waals surface area contributed by atoms with Gasteiger partial charge in [-0.1, -0.05) is 19.9 Å². The second-order valence-electron chi connectivity index (χ2n) is 6.78. The van der Waals surface area contributed by atoms with E-state index in [2.05, 4.69) is 0 Å². The van der Waals surface area contributed by atoms with E-state index in [0.29, 0.717) is 0 Å². The summed E-state index contributed by atoms with van der Waals surface area (Å²) in [4.78, 5) is 36.4. The quantitative estimate of drug-likeness (QED) is 0.589. The van der Waals surface area contributed by atoms with Crippen LogP contribution in [0.3, 0.4) is 0 Å². The lowest BCUT2D eigenvalue weighted by Gasteiger charge is -2.40. The van der Waals surface area contributed by atoms with Gasteiger partial charge in [-0.2, -0.15) is 0 Å². The van der Waals surface area contributed by atoms with E-state index in [1.165, 1.54) is 19.1 Å². The number of esters is 1. The molecule has 0 saturated carbocycles. The van der Waals surface area contributed by atoms with Crippen molar-refractivity contribution in [3.8, 4) is 0 Å². The second-order valence-corrected chi connectivity index (χ2v) is 6.78. The van der Waals surface area contributed by atoms with Crippen molar-refractivity contribution in [2.75, 3.05) is 0 Å². The molecule has 0 radical (unpaired) electrons. The minimum absolute atomic E-state index is 0.0281. The Morgan fingerprint density at radius 3 is 2.30 bits per heavy atom. The van der Waals surface area contributed by atoms with Gasteiger partial charge in [-0.3, -0.25) is 14.4 Å². The van der Waals surface area contributed by atoms with E-state index in [1.807, 2.05) is 13.8 Å². The van der Waals surface area contributed by atoms with E-state index in [0.717, 1.165) is 0 Å². The highest BCUT2D eigenvalue weighted by molar-refractivity contribution is 6.08. The molecule has 0 fully saturated rings. The molecule has 1 aliphatic rings. The predicted molar refractivity (Wildman–Crippen MR) is 76.1 cm³/mol. The van der Waals surface area contributed by atoms with Crippen molar-refractivity contribution >= 4 is 17.5 Å². The Balaban J connectivity index is 3.32. The van der Waals surface area contributed by atoms with Crippen LogP contribution in [0.1, 0.15) is 48.0 Å². The van der Waals surface area contributed by atoms with E-state index in [-0.39, 0.29) is 29.8 Å². The monoisotopic (exact) mass is 280 g/mol. The number of carbonyl (C=O) groups excluding carboxylic acids is 3. The molecule has 0 aliphatic heterocycles. The summed E-state index contributed by atoms with van der Waals surface area (Å²) in [6.07, 6.45) is 2.98. The molecule has 0 saturated heterocycles. The van der Waals surface area contributed by atoms with Gasteiger partial charge in [-0.25, -0.2) is 0 Å². The Labute approximate surface area is 120 Å². The zero-order valence-electron chi connectivity index (χ0n) is 13.1. The lowest BCUT2D eigenvalue weighted by atomic mass is 9.63. The molecule has 0 spiro atoms. The molecule has 0 aromatic rings. The molecule has 0 heterocycles. The molecule has 1 aliphatic carbocycles. The number of carbonyl (C=O) groups is 3. The molecule has 0 aromatic heterocycles. The zero-order chi connectivity index (χ0) is 15.7. The smallest absolute Gasteiger partial charge is 0.324 e. The highest BCUT2D eigenvalue weighted by atomic mass is 16.6. The fourth-order valence-electron chi connectivity index (χ4n) is 2.66. The van der Waals surface area contributed by atoms with E-state index < -0.39 is 17.0 Å². The van der Waals surface area contributed by atoms with Gasteiger partial charge in [0.15, 0.2) is 11.6 Å². The molecular weight excluding hydrogens is 256 g/mol. The van der Waals surface area contributed by atoms with Gasteiger partial charge in [-0.15, -0.1) is 0 Å². The second kappa shape index (κ2) is 5.51. The van der Waals surface area contributed by atoms with Gasteiger partial charge >= 0.3 is 5.97 Å². The summed E-state index contributed by atoms with van der Waals surface area (Å²) in [5.74, 6) is -1.20. The van der Waals surface area contributed by atoms with Crippen molar-refractivity contribution in [3.05, 3.63) is 12.2 Å². The topological polar surface area (TPSA) is 60.4 Å². The third-order valence-corrected chi connectivity index (χ3v) is 3.66. The predicted octanol–water partition coefficient (Wildman–Crippen LogP) is 2.70. The largest absolute Gasteiger partial charge is 0.459 e. The number of hydrogen-bond donors (Lipinski definition) is 0. The third kappa shape index (κ3) is 3.17. The minimum Gasteiger partial charge on any atom is -0.459 e. The van der Waals surface area contributed by atoms with Crippen molar-refractivity contribution < 1.29 is 19.1 Å². The third-order valence-electron chi connectivity index (χ3n) is 3.66. The van der Waals surface area contributed by atoms with Gasteiger partial charge in [-0.05, 0) is 45.6 Å². The Bertz CT molecular complexity index is 454. The van der Waals surface area contributed by atoms with E-state index in [1.54, 1.807) is 20.8 Å². The van der Waals surface area contributed by atoms with Crippen LogP contribution < -0.4 is 0 Å². The van der Waals surface area contributed by atoms with E-state index in [9.17, 15) is 14.4 Å². The molecule has 0 aromatic carbocycles. The van der Waals surface area contributed by atoms with Gasteiger partial charge in [0.25, 0.3) is 0 Å². The highest BCUT2D eigenvalue weighted by Gasteiger charge is 2.53. The van der Waals surface area contributed by atoms with Gasteiger partial charge in [0.05, 0.1) is 0 Å². The molecule has 0 bridgehead atoms. The molecular formula is C16H24O4. The van der Waals surface area contributed by atoms with Crippen molar-refractivity contribution in [2.45, 2.75) is 53.6 Å². The summed E-state index contributed by atoms with van der Waals surface area (Å²) in [5.41, 5.74) is -2.01. The molecule has 0 unspecified atom stereocenters. The van der Waals surface area contributed by atoms with Crippen molar-refractivity contribution in [3.63, 3.8) is 0 Å². The number of Topliss-reactive ketones (excluding diaryl/α,β-unsaturated/α-hetero) is 1. The number of ketones is 2. The van der Waals surface area contributed by atoms with Gasteiger partial charge < -0.3 is 4.74 Å². The lowest BCUT2D eigenvalue weighted by molar-refractivity contribution is -0.171. The summed E-state index contributed by atoms with van der Waals surface area (Å²) in [7, 11) is 0. The molecule has 20 heavy (non-hydrogen) atoms. The van der Waals surface area contributed by atoms with Crippen molar-refractivity contribution in [1.29, 1.82) is 0 Å². The SMILES string of the molecule is CC(=O)[C@]1(C(=O)OC(C)(C)C)C=CC(=O)C[C@H]1C(C)C. The molecule has 4 nitrogen and oxygen atoms in total. The maximum absolute atomic E-state index is 12.6. The molecule has 112 valence electrons. The summed E-state index contributed by atoms with van der Waals surface area (Å²) in [6, 6.07) is 0. The molecule has 2 atom stereocenters. The number of ether oxygens (including phenoxy) is 1. The number of hydrogen-bond acceptors (Lipinski definition) is 4. The Hall–Kier alpha value is -1.45. The van der Waals surface area contributed by atoms with Crippen LogP contribution in [0.4, 0.5) is 0 Å². The average molecular weight is 280 g/mol. The first-order valence-electron chi connectivity index (χ1n) is 6.97. The molecule has 1 rings (SSSR count). The van der Waals surface area contributed by atoms with Crippen LogP contribution in [-0.2, 0) is 19.1 Å². The number of allylic oxidation sites excluding steroid dienone is 1. The van der Waals surface area contributed by atoms with Crippen LogP contribution in [0, 0.1) is 17.3 Å². The molecule has 0 N–H and O–H groups in total. The Kier molecular flexibility index (Phi) is 4.57. The van der Waals surface area contributed by atoms with Crippen LogP contribution in [0.5, 0.6) is 0 Å². The summed E-state index contributed by atoms with van der Waals surface area (Å²) in [5, 5.41) is 0. The number of rotatable bonds is 3. The van der Waals surface area contributed by atoms with Crippen molar-refractivity contribution in [1.82, 2.24) is 0 Å². The van der Waals surface area contributed by atoms with E-state index >= 15 is 0 Å². The van der Waals surface area contributed by atoms with Crippen molar-refractivity contribution in [2.24, 2.45) is 17.3 Å². The maximum Gasteiger partial charge on any atom is 0.324 e. The first-order valence-corrected chi connectivity index (χ1v) is 6.97. The Morgan fingerprint density at radius 1 is 1.35 bits per heavy atom. The van der Waals surface area contributed by atoms with Crippen LogP contribution in [0.2, 0.25) is 0 Å². The Morgan fingerprint density at radius 2 is 1.90 bits per heavy atom. The van der Waals surface area contributed by atoms with Crippen LogP contribution in [0.25, 0.3) is 0 Å². The van der Waals surface area contributed by atoms with Gasteiger partial charge in [0.2, 0.25) is 0 Å². The first-order chi connectivity index (χ1) is 9.00. The zero-order valence-corrected chi connectivity index (χ0v) is 13.1. The van der Waals surface area contributed by atoms with Gasteiger partial charge in [0.1, 0.15) is 11.0 Å². The normalized spacial score (nSPS) is 26.8. The summed E-state index contributed by atoms with van der Waals surface area (Å²) < 4.78 is 5.44. The first kappa shape index (κ1) is 16.6. The average Bonchev–Trinajstić information content (AvgIpc) is 2.25. The van der Waals surface area contributed by atoms with Gasteiger partial charge in [0, 0.05) is 6.42 Å².